The van der Waals surface area contributed by atoms with E-state index in [9.17, 15) is 0 Å². The van der Waals surface area contributed by atoms with Crippen molar-refractivity contribution in [2.24, 2.45) is 0 Å². The maximum absolute atomic E-state index is 5.76. The number of hydrogen-bond donors (Lipinski definition) is 1. The van der Waals surface area contributed by atoms with Crippen molar-refractivity contribution < 1.29 is 0 Å². The van der Waals surface area contributed by atoms with Gasteiger partial charge in [-0.3, -0.25) is 9.88 Å². The van der Waals surface area contributed by atoms with E-state index in [-0.39, 0.29) is 6.04 Å². The molecule has 0 bridgehead atoms. The fourth-order valence-corrected chi connectivity index (χ4v) is 1.32. The molecule has 0 aliphatic carbocycles. The van der Waals surface area contributed by atoms with Gasteiger partial charge in [0.2, 0.25) is 0 Å². The van der Waals surface area contributed by atoms with E-state index in [2.05, 4.69) is 42.7 Å². The van der Waals surface area contributed by atoms with Crippen molar-refractivity contribution in [1.29, 1.82) is 0 Å². The van der Waals surface area contributed by atoms with Crippen molar-refractivity contribution in [1.82, 2.24) is 14.9 Å². The van der Waals surface area contributed by atoms with Gasteiger partial charge in [-0.1, -0.05) is 13.8 Å². The molecule has 0 aliphatic rings. The quantitative estimate of drug-likeness (QED) is 0.857. The molecule has 0 spiro atoms. The molecule has 92 valence electrons. The zero-order valence-corrected chi connectivity index (χ0v) is 11.2. The van der Waals surface area contributed by atoms with Crippen LogP contribution >= 0.6 is 0 Å². The number of aromatic nitrogens is 2. The van der Waals surface area contributed by atoms with Gasteiger partial charge in [0.05, 0.1) is 11.7 Å². The van der Waals surface area contributed by atoms with Crippen LogP contribution in [-0.4, -0.2) is 28.0 Å². The summed E-state index contributed by atoms with van der Waals surface area (Å²) in [5.41, 5.74) is 6.61. The van der Waals surface area contributed by atoms with Gasteiger partial charge < -0.3 is 5.73 Å². The summed E-state index contributed by atoms with van der Waals surface area (Å²) in [6, 6.07) is 0.662. The molecule has 1 aromatic heterocycles. The number of rotatable bonds is 3. The molecule has 4 heteroatoms. The molecular formula is C12H24N4. The Hall–Kier alpha value is -1.16. The third-order valence-corrected chi connectivity index (χ3v) is 2.58. The minimum Gasteiger partial charge on any atom is -0.382 e. The predicted molar refractivity (Wildman–Crippen MR) is 69.1 cm³/mol. The summed E-state index contributed by atoms with van der Waals surface area (Å²) in [5, 5.41) is 0. The number of nitrogens with two attached hydrogens (primary N) is 1. The van der Waals surface area contributed by atoms with Crippen LogP contribution in [0.5, 0.6) is 0 Å². The molecule has 4 nitrogen and oxygen atoms in total. The van der Waals surface area contributed by atoms with Crippen LogP contribution in [0.15, 0.2) is 12.4 Å². The van der Waals surface area contributed by atoms with Crippen LogP contribution in [0.1, 0.15) is 46.4 Å². The summed E-state index contributed by atoms with van der Waals surface area (Å²) in [6.07, 6.45) is 3.29. The van der Waals surface area contributed by atoms with Crippen LogP contribution < -0.4 is 5.73 Å². The monoisotopic (exact) mass is 224 g/mol. The van der Waals surface area contributed by atoms with Crippen molar-refractivity contribution in [3.8, 4) is 0 Å². The van der Waals surface area contributed by atoms with Crippen LogP contribution in [0.25, 0.3) is 0 Å². The fraction of sp³-hybridized carbons (Fsp3) is 0.667. The maximum atomic E-state index is 5.76. The van der Waals surface area contributed by atoms with Gasteiger partial charge in [-0.25, -0.2) is 4.98 Å². The molecule has 0 amide bonds. The average Bonchev–Trinajstić information content (AvgIpc) is 2.30. The minimum atomic E-state index is 0.198. The Morgan fingerprint density at radius 2 is 1.62 bits per heavy atom. The molecule has 1 atom stereocenters. The van der Waals surface area contributed by atoms with Crippen LogP contribution in [0, 0.1) is 0 Å². The van der Waals surface area contributed by atoms with Gasteiger partial charge in [0, 0.05) is 18.4 Å². The highest BCUT2D eigenvalue weighted by Crippen LogP contribution is 2.21. The van der Waals surface area contributed by atoms with Crippen molar-refractivity contribution in [3.05, 3.63) is 18.1 Å². The second-order valence-corrected chi connectivity index (χ2v) is 3.76. The zero-order chi connectivity index (χ0) is 12.7. The van der Waals surface area contributed by atoms with Crippen LogP contribution in [0.4, 0.5) is 5.82 Å². The fourth-order valence-electron chi connectivity index (χ4n) is 1.32. The van der Waals surface area contributed by atoms with Gasteiger partial charge in [-0.2, -0.15) is 0 Å². The van der Waals surface area contributed by atoms with Crippen LogP contribution in [0.2, 0.25) is 0 Å². The predicted octanol–water partition coefficient (Wildman–Crippen LogP) is 2.49. The van der Waals surface area contributed by atoms with E-state index < -0.39 is 0 Å². The first-order valence-electron chi connectivity index (χ1n) is 5.82. The highest BCUT2D eigenvalue weighted by molar-refractivity contribution is 5.35. The molecule has 16 heavy (non-hydrogen) atoms. The Morgan fingerprint density at radius 1 is 1.12 bits per heavy atom. The van der Waals surface area contributed by atoms with Crippen molar-refractivity contribution in [3.63, 3.8) is 0 Å². The van der Waals surface area contributed by atoms with Gasteiger partial charge >= 0.3 is 0 Å². The summed E-state index contributed by atoms with van der Waals surface area (Å²) in [4.78, 5) is 10.5. The van der Waals surface area contributed by atoms with Crippen molar-refractivity contribution >= 4 is 5.82 Å². The van der Waals surface area contributed by atoms with Crippen LogP contribution in [0.3, 0.4) is 0 Å². The lowest BCUT2D eigenvalue weighted by Gasteiger charge is -2.28. The normalized spacial score (nSPS) is 12.2. The second kappa shape index (κ2) is 7.17. The Morgan fingerprint density at radius 3 is 2.06 bits per heavy atom. The summed E-state index contributed by atoms with van der Waals surface area (Å²) in [7, 11) is 2.06. The van der Waals surface area contributed by atoms with E-state index in [1.807, 2.05) is 13.8 Å². The summed E-state index contributed by atoms with van der Waals surface area (Å²) >= 11 is 0. The molecule has 0 saturated carbocycles. The third-order valence-electron chi connectivity index (χ3n) is 2.58. The maximum Gasteiger partial charge on any atom is 0.146 e. The van der Waals surface area contributed by atoms with Gasteiger partial charge in [0.15, 0.2) is 0 Å². The minimum absolute atomic E-state index is 0.198. The smallest absolute Gasteiger partial charge is 0.146 e. The van der Waals surface area contributed by atoms with E-state index in [4.69, 9.17) is 5.73 Å². The molecular weight excluding hydrogens is 200 g/mol. The molecule has 0 aromatic carbocycles. The molecule has 2 N–H and O–H groups in total. The first-order chi connectivity index (χ1) is 7.54. The van der Waals surface area contributed by atoms with Gasteiger partial charge in [0.1, 0.15) is 5.82 Å². The first-order valence-corrected chi connectivity index (χ1v) is 5.82. The number of nitrogen functional groups attached to an aromatic ring is 1. The Kier molecular flexibility index (Phi) is 6.65. The summed E-state index contributed by atoms with van der Waals surface area (Å²) < 4.78 is 0. The Labute approximate surface area is 98.9 Å². The molecule has 1 rings (SSSR count). The van der Waals surface area contributed by atoms with E-state index in [0.717, 1.165) is 5.69 Å². The number of anilines is 1. The molecule has 0 radical (unpaired) electrons. The van der Waals surface area contributed by atoms with E-state index >= 15 is 0 Å². The summed E-state index contributed by atoms with van der Waals surface area (Å²) in [5.74, 6) is 0.521. The Balaban J connectivity index is 0.00000106. The van der Waals surface area contributed by atoms with Crippen molar-refractivity contribution in [2.45, 2.75) is 46.7 Å². The molecule has 1 unspecified atom stereocenters. The Bertz CT molecular complexity index is 299. The van der Waals surface area contributed by atoms with Crippen LogP contribution in [-0.2, 0) is 0 Å². The van der Waals surface area contributed by atoms with Gasteiger partial charge in [-0.05, 0) is 27.8 Å². The van der Waals surface area contributed by atoms with Gasteiger partial charge in [-0.15, -0.1) is 0 Å². The van der Waals surface area contributed by atoms with E-state index in [0.29, 0.717) is 11.9 Å². The van der Waals surface area contributed by atoms with Crippen molar-refractivity contribution in [2.75, 3.05) is 12.8 Å². The number of hydrogen-bond acceptors (Lipinski definition) is 4. The average molecular weight is 224 g/mol. The molecule has 0 saturated heterocycles. The highest BCUT2D eigenvalue weighted by atomic mass is 15.2. The third kappa shape index (κ3) is 3.77. The molecule has 0 aliphatic heterocycles. The topological polar surface area (TPSA) is 55.0 Å². The SMILES string of the molecule is CC.CC(C)N(C)C(C)c1nccnc1N. The van der Waals surface area contributed by atoms with E-state index in [1.165, 1.54) is 0 Å². The molecule has 1 heterocycles. The lowest BCUT2D eigenvalue weighted by atomic mass is 10.1. The lowest BCUT2D eigenvalue weighted by Crippen LogP contribution is -2.30. The molecule has 0 fully saturated rings. The zero-order valence-electron chi connectivity index (χ0n) is 11.2. The largest absolute Gasteiger partial charge is 0.382 e. The first kappa shape index (κ1) is 14.8. The molecule has 1 aromatic rings. The second-order valence-electron chi connectivity index (χ2n) is 3.76. The van der Waals surface area contributed by atoms with E-state index in [1.54, 1.807) is 12.4 Å². The van der Waals surface area contributed by atoms with Gasteiger partial charge in [0.25, 0.3) is 0 Å². The number of nitrogens with zero attached hydrogens (tertiary/aromatic N) is 3. The highest BCUT2D eigenvalue weighted by Gasteiger charge is 2.17. The summed E-state index contributed by atoms with van der Waals surface area (Å²) in [6.45, 7) is 10.4. The standard InChI is InChI=1S/C10H18N4.C2H6/c1-7(2)14(4)8(3)9-10(11)13-6-5-12-9;1-2/h5-8H,1-4H3,(H2,11,13);1-2H3. The lowest BCUT2D eigenvalue weighted by molar-refractivity contribution is 0.207.